The van der Waals surface area contributed by atoms with Crippen LogP contribution in [-0.4, -0.2) is 19.6 Å². The van der Waals surface area contributed by atoms with Crippen molar-refractivity contribution in [2.45, 2.75) is 31.6 Å². The van der Waals surface area contributed by atoms with Gasteiger partial charge in [-0.25, -0.2) is 0 Å². The number of hydrogen-bond donors (Lipinski definition) is 0. The first-order valence-electron chi connectivity index (χ1n) is 5.50. The molecule has 0 aromatic heterocycles. The standard InChI is InChI=1S/C13H19ClO2/c1-5-11(14)9(2)10-6-7-12(15-3)13(8-10)16-4/h6-9,11H,5H2,1-4H3. The van der Waals surface area contributed by atoms with Crippen molar-refractivity contribution in [1.29, 1.82) is 0 Å². The summed E-state index contributed by atoms with van der Waals surface area (Å²) in [7, 11) is 3.28. The van der Waals surface area contributed by atoms with Crippen LogP contribution in [0.3, 0.4) is 0 Å². The topological polar surface area (TPSA) is 18.5 Å². The van der Waals surface area contributed by atoms with Gasteiger partial charge in [-0.3, -0.25) is 0 Å². The Hall–Kier alpha value is -0.890. The molecule has 0 fully saturated rings. The van der Waals surface area contributed by atoms with Crippen LogP contribution in [0.2, 0.25) is 0 Å². The van der Waals surface area contributed by atoms with E-state index >= 15 is 0 Å². The molecule has 0 bridgehead atoms. The van der Waals surface area contributed by atoms with Crippen LogP contribution in [0.1, 0.15) is 31.7 Å². The molecule has 0 radical (unpaired) electrons. The molecule has 2 nitrogen and oxygen atoms in total. The van der Waals surface area contributed by atoms with Crippen molar-refractivity contribution in [3.05, 3.63) is 23.8 Å². The molecule has 1 aromatic rings. The van der Waals surface area contributed by atoms with Gasteiger partial charge >= 0.3 is 0 Å². The lowest BCUT2D eigenvalue weighted by Gasteiger charge is -2.18. The molecule has 0 N–H and O–H groups in total. The van der Waals surface area contributed by atoms with Crippen LogP contribution < -0.4 is 9.47 Å². The zero-order valence-electron chi connectivity index (χ0n) is 10.3. The molecule has 0 saturated carbocycles. The Morgan fingerprint density at radius 1 is 1.19 bits per heavy atom. The third-order valence-electron chi connectivity index (χ3n) is 2.87. The number of ether oxygens (including phenoxy) is 2. The van der Waals surface area contributed by atoms with Crippen LogP contribution in [0.5, 0.6) is 11.5 Å². The van der Waals surface area contributed by atoms with Gasteiger partial charge in [-0.15, -0.1) is 11.6 Å². The van der Waals surface area contributed by atoms with E-state index in [-0.39, 0.29) is 5.38 Å². The molecule has 1 aromatic carbocycles. The van der Waals surface area contributed by atoms with Crippen LogP contribution in [0.15, 0.2) is 18.2 Å². The van der Waals surface area contributed by atoms with E-state index in [1.165, 1.54) is 5.56 Å². The average molecular weight is 243 g/mol. The molecule has 0 spiro atoms. The first kappa shape index (κ1) is 13.2. The van der Waals surface area contributed by atoms with Crippen molar-refractivity contribution in [1.82, 2.24) is 0 Å². The SMILES string of the molecule is CCC(Cl)C(C)c1ccc(OC)c(OC)c1. The Labute approximate surface area is 103 Å². The predicted octanol–water partition coefficient (Wildman–Crippen LogP) is 3.82. The highest BCUT2D eigenvalue weighted by Gasteiger charge is 2.16. The summed E-state index contributed by atoms with van der Waals surface area (Å²) < 4.78 is 10.5. The van der Waals surface area contributed by atoms with Crippen LogP contribution in [0.25, 0.3) is 0 Å². The molecule has 0 saturated heterocycles. The molecule has 90 valence electrons. The summed E-state index contributed by atoms with van der Waals surface area (Å²) in [5, 5.41) is 0.151. The molecular formula is C13H19ClO2. The molecule has 0 heterocycles. The van der Waals surface area contributed by atoms with E-state index in [1.54, 1.807) is 14.2 Å². The van der Waals surface area contributed by atoms with E-state index in [4.69, 9.17) is 21.1 Å². The predicted molar refractivity (Wildman–Crippen MR) is 67.9 cm³/mol. The number of benzene rings is 1. The van der Waals surface area contributed by atoms with Gasteiger partial charge in [-0.05, 0) is 30.0 Å². The first-order valence-corrected chi connectivity index (χ1v) is 5.93. The van der Waals surface area contributed by atoms with Crippen molar-refractivity contribution in [3.63, 3.8) is 0 Å². The zero-order chi connectivity index (χ0) is 12.1. The van der Waals surface area contributed by atoms with Gasteiger partial charge in [0, 0.05) is 5.38 Å². The maximum Gasteiger partial charge on any atom is 0.160 e. The highest BCUT2D eigenvalue weighted by molar-refractivity contribution is 6.21. The third-order valence-corrected chi connectivity index (χ3v) is 3.55. The number of rotatable bonds is 5. The van der Waals surface area contributed by atoms with Crippen molar-refractivity contribution < 1.29 is 9.47 Å². The van der Waals surface area contributed by atoms with Gasteiger partial charge in [0.2, 0.25) is 0 Å². The third kappa shape index (κ3) is 2.82. The Kier molecular flexibility index (Phi) is 4.94. The summed E-state index contributed by atoms with van der Waals surface area (Å²) in [6.45, 7) is 4.22. The monoisotopic (exact) mass is 242 g/mol. The van der Waals surface area contributed by atoms with Gasteiger partial charge in [0.1, 0.15) is 0 Å². The second-order valence-corrected chi connectivity index (χ2v) is 4.39. The maximum atomic E-state index is 6.25. The summed E-state index contributed by atoms with van der Waals surface area (Å²) in [6, 6.07) is 5.95. The molecule has 0 aliphatic rings. The fraction of sp³-hybridized carbons (Fsp3) is 0.538. The summed E-state index contributed by atoms with van der Waals surface area (Å²) in [4.78, 5) is 0. The minimum Gasteiger partial charge on any atom is -0.493 e. The minimum absolute atomic E-state index is 0.151. The fourth-order valence-corrected chi connectivity index (χ4v) is 1.84. The van der Waals surface area contributed by atoms with E-state index in [0.29, 0.717) is 5.92 Å². The Balaban J connectivity index is 2.98. The minimum atomic E-state index is 0.151. The summed E-state index contributed by atoms with van der Waals surface area (Å²) in [6.07, 6.45) is 0.955. The summed E-state index contributed by atoms with van der Waals surface area (Å²) >= 11 is 6.25. The fourth-order valence-electron chi connectivity index (χ4n) is 1.70. The summed E-state index contributed by atoms with van der Waals surface area (Å²) in [5.74, 6) is 1.82. The number of alkyl halides is 1. The van der Waals surface area contributed by atoms with Gasteiger partial charge in [0.15, 0.2) is 11.5 Å². The van der Waals surface area contributed by atoms with Crippen molar-refractivity contribution >= 4 is 11.6 Å². The van der Waals surface area contributed by atoms with Gasteiger partial charge < -0.3 is 9.47 Å². The second kappa shape index (κ2) is 6.00. The van der Waals surface area contributed by atoms with Gasteiger partial charge in [0.05, 0.1) is 14.2 Å². The largest absolute Gasteiger partial charge is 0.493 e. The lowest BCUT2D eigenvalue weighted by molar-refractivity contribution is 0.354. The molecule has 0 amide bonds. The number of halogens is 1. The molecule has 2 atom stereocenters. The Morgan fingerprint density at radius 2 is 1.81 bits per heavy atom. The smallest absolute Gasteiger partial charge is 0.160 e. The van der Waals surface area contributed by atoms with Crippen LogP contribution in [0.4, 0.5) is 0 Å². The molecule has 1 rings (SSSR count). The molecule has 0 aliphatic carbocycles. The van der Waals surface area contributed by atoms with E-state index in [0.717, 1.165) is 17.9 Å². The van der Waals surface area contributed by atoms with Gasteiger partial charge in [0.25, 0.3) is 0 Å². The van der Waals surface area contributed by atoms with Crippen molar-refractivity contribution in [2.75, 3.05) is 14.2 Å². The molecule has 16 heavy (non-hydrogen) atoms. The zero-order valence-corrected chi connectivity index (χ0v) is 11.0. The highest BCUT2D eigenvalue weighted by atomic mass is 35.5. The quantitative estimate of drug-likeness (QED) is 0.731. The van der Waals surface area contributed by atoms with Crippen LogP contribution >= 0.6 is 11.6 Å². The molecular weight excluding hydrogens is 224 g/mol. The van der Waals surface area contributed by atoms with E-state index in [2.05, 4.69) is 13.8 Å². The van der Waals surface area contributed by atoms with Crippen molar-refractivity contribution in [2.24, 2.45) is 0 Å². The molecule has 3 heteroatoms. The van der Waals surface area contributed by atoms with E-state index < -0.39 is 0 Å². The second-order valence-electron chi connectivity index (χ2n) is 3.83. The summed E-state index contributed by atoms with van der Waals surface area (Å²) in [5.41, 5.74) is 1.18. The highest BCUT2D eigenvalue weighted by Crippen LogP contribution is 2.33. The lowest BCUT2D eigenvalue weighted by atomic mass is 9.96. The Bertz CT molecular complexity index is 339. The molecule has 2 unspecified atom stereocenters. The van der Waals surface area contributed by atoms with Crippen LogP contribution in [-0.2, 0) is 0 Å². The van der Waals surface area contributed by atoms with Gasteiger partial charge in [-0.2, -0.15) is 0 Å². The maximum absolute atomic E-state index is 6.25. The molecule has 0 aliphatic heterocycles. The number of methoxy groups -OCH3 is 2. The average Bonchev–Trinajstić information content (AvgIpc) is 2.35. The van der Waals surface area contributed by atoms with Gasteiger partial charge in [-0.1, -0.05) is 19.9 Å². The van der Waals surface area contributed by atoms with Crippen LogP contribution in [0, 0.1) is 0 Å². The number of hydrogen-bond acceptors (Lipinski definition) is 2. The van der Waals surface area contributed by atoms with Crippen molar-refractivity contribution in [3.8, 4) is 11.5 Å². The van der Waals surface area contributed by atoms with E-state index in [1.807, 2.05) is 18.2 Å². The Morgan fingerprint density at radius 3 is 2.31 bits per heavy atom. The first-order chi connectivity index (χ1) is 7.63. The normalized spacial score (nSPS) is 14.3. The lowest BCUT2D eigenvalue weighted by Crippen LogP contribution is -2.08. The van der Waals surface area contributed by atoms with E-state index in [9.17, 15) is 0 Å².